The Morgan fingerprint density at radius 2 is 1.62 bits per heavy atom. The molecule has 1 aliphatic heterocycles. The van der Waals surface area contributed by atoms with Gasteiger partial charge in [-0.2, -0.15) is 0 Å². The van der Waals surface area contributed by atoms with Gasteiger partial charge in [-0.05, 0) is 60.9 Å². The highest BCUT2D eigenvalue weighted by molar-refractivity contribution is 8.00. The van der Waals surface area contributed by atoms with E-state index in [1.807, 2.05) is 37.3 Å². The number of benzene rings is 3. The summed E-state index contributed by atoms with van der Waals surface area (Å²) in [5.74, 6) is 0.187. The van der Waals surface area contributed by atoms with Crippen LogP contribution in [-0.4, -0.2) is 40.2 Å². The Hall–Kier alpha value is -4.15. The van der Waals surface area contributed by atoms with E-state index in [4.69, 9.17) is 9.47 Å². The monoisotopic (exact) mass is 601 g/mol. The second kappa shape index (κ2) is 13.7. The summed E-state index contributed by atoms with van der Waals surface area (Å²) in [6.45, 7) is 5.08. The summed E-state index contributed by atoms with van der Waals surface area (Å²) in [6, 6.07) is 23.1. The number of aromatic nitrogens is 2. The van der Waals surface area contributed by atoms with Crippen LogP contribution in [0.1, 0.15) is 49.4 Å². The average Bonchev–Trinajstić information content (AvgIpc) is 3.59. The summed E-state index contributed by atoms with van der Waals surface area (Å²) in [4.78, 5) is 28.4. The Kier molecular flexibility index (Phi) is 9.55. The van der Waals surface area contributed by atoms with Gasteiger partial charge in [-0.15, -0.1) is 10.2 Å². The molecular formula is C32H31N3O5S2. The molecule has 1 saturated heterocycles. The molecule has 1 N–H and O–H groups in total. The van der Waals surface area contributed by atoms with Crippen LogP contribution in [0.4, 0.5) is 5.13 Å². The predicted octanol–water partition coefficient (Wildman–Crippen LogP) is 7.03. The van der Waals surface area contributed by atoms with Crippen molar-refractivity contribution in [1.82, 2.24) is 10.2 Å². The number of amides is 1. The Balaban J connectivity index is 1.50. The number of anilines is 1. The fourth-order valence-electron chi connectivity index (χ4n) is 4.53. The number of ketones is 1. The predicted molar refractivity (Wildman–Crippen MR) is 165 cm³/mol. The average molecular weight is 602 g/mol. The first-order valence-electron chi connectivity index (χ1n) is 13.8. The normalized spacial score (nSPS) is 16.1. The van der Waals surface area contributed by atoms with Gasteiger partial charge in [0.25, 0.3) is 5.78 Å². The van der Waals surface area contributed by atoms with Crippen LogP contribution in [0.2, 0.25) is 0 Å². The maximum atomic E-state index is 13.5. The second-order valence-corrected chi connectivity index (χ2v) is 11.7. The molecule has 1 unspecified atom stereocenters. The number of ether oxygens (including phenoxy) is 2. The molecular weight excluding hydrogens is 571 g/mol. The summed E-state index contributed by atoms with van der Waals surface area (Å²) in [5, 5.41) is 20.3. The van der Waals surface area contributed by atoms with Crippen molar-refractivity contribution < 1.29 is 24.2 Å². The third-order valence-electron chi connectivity index (χ3n) is 6.65. The van der Waals surface area contributed by atoms with E-state index >= 15 is 0 Å². The molecule has 1 aliphatic rings. The number of hydrogen-bond acceptors (Lipinski definition) is 9. The first-order valence-corrected chi connectivity index (χ1v) is 15.6. The zero-order chi connectivity index (χ0) is 29.5. The van der Waals surface area contributed by atoms with Crippen LogP contribution >= 0.6 is 23.1 Å². The van der Waals surface area contributed by atoms with E-state index in [2.05, 4.69) is 17.1 Å². The van der Waals surface area contributed by atoms with Crippen molar-refractivity contribution in [2.75, 3.05) is 18.1 Å². The highest BCUT2D eigenvalue weighted by Gasteiger charge is 2.48. The number of nitrogens with zero attached hydrogens (tertiary/aromatic N) is 3. The molecule has 1 atom stereocenters. The van der Waals surface area contributed by atoms with Crippen molar-refractivity contribution >= 4 is 45.7 Å². The lowest BCUT2D eigenvalue weighted by molar-refractivity contribution is -0.132. The van der Waals surface area contributed by atoms with Crippen LogP contribution in [0.3, 0.4) is 0 Å². The minimum absolute atomic E-state index is 0.0162. The molecule has 1 aromatic heterocycles. The van der Waals surface area contributed by atoms with Gasteiger partial charge in [-0.1, -0.05) is 78.9 Å². The van der Waals surface area contributed by atoms with E-state index in [9.17, 15) is 14.7 Å². The van der Waals surface area contributed by atoms with Gasteiger partial charge in [0.05, 0.1) is 24.8 Å². The Labute approximate surface area is 253 Å². The Bertz CT molecular complexity index is 1550. The number of rotatable bonds is 12. The zero-order valence-electron chi connectivity index (χ0n) is 23.4. The van der Waals surface area contributed by atoms with Crippen molar-refractivity contribution in [3.8, 4) is 11.5 Å². The molecule has 0 saturated carbocycles. The highest BCUT2D eigenvalue weighted by atomic mass is 32.2. The molecule has 8 nitrogen and oxygen atoms in total. The molecule has 4 aromatic rings. The quantitative estimate of drug-likeness (QED) is 0.0461. The van der Waals surface area contributed by atoms with E-state index in [1.165, 1.54) is 28.0 Å². The molecule has 5 rings (SSSR count). The SMILES string of the molecule is CCCCOc1ccc(/C(O)=C2/C(=O)C(=O)N(c3nnc(SCc4ccccc4)s3)C2c2ccc(OCC)cc2)cc1. The minimum Gasteiger partial charge on any atom is -0.507 e. The summed E-state index contributed by atoms with van der Waals surface area (Å²) in [5.41, 5.74) is 2.16. The molecule has 10 heteroatoms. The summed E-state index contributed by atoms with van der Waals surface area (Å²) < 4.78 is 12.0. The third-order valence-corrected chi connectivity index (χ3v) is 8.78. The number of hydrogen-bond donors (Lipinski definition) is 1. The number of aliphatic hydroxyl groups excluding tert-OH is 1. The van der Waals surface area contributed by atoms with E-state index in [-0.39, 0.29) is 16.5 Å². The summed E-state index contributed by atoms with van der Waals surface area (Å²) in [6.07, 6.45) is 1.96. The standard InChI is InChI=1S/C32H31N3O5S2/c1-3-5-19-40-25-17-13-23(14-18-25)28(36)26-27(22-11-15-24(16-12-22)39-4-2)35(30(38)29(26)37)31-33-34-32(42-31)41-20-21-9-7-6-8-10-21/h6-18,27,36H,3-5,19-20H2,1-2H3/b28-26-. The van der Waals surface area contributed by atoms with Crippen molar-refractivity contribution in [2.24, 2.45) is 0 Å². The maximum Gasteiger partial charge on any atom is 0.301 e. The molecule has 0 aliphatic carbocycles. The van der Waals surface area contributed by atoms with Crippen LogP contribution < -0.4 is 14.4 Å². The first kappa shape index (κ1) is 29.3. The molecule has 1 amide bonds. The molecule has 216 valence electrons. The van der Waals surface area contributed by atoms with Crippen molar-refractivity contribution in [1.29, 1.82) is 0 Å². The number of carbonyl (C=O) groups excluding carboxylic acids is 2. The lowest BCUT2D eigenvalue weighted by atomic mass is 9.95. The van der Waals surface area contributed by atoms with E-state index < -0.39 is 17.7 Å². The van der Waals surface area contributed by atoms with Gasteiger partial charge in [-0.25, -0.2) is 0 Å². The fourth-order valence-corrected chi connectivity index (χ4v) is 6.36. The maximum absolute atomic E-state index is 13.5. The van der Waals surface area contributed by atoms with Gasteiger partial charge in [-0.3, -0.25) is 14.5 Å². The van der Waals surface area contributed by atoms with Crippen molar-refractivity contribution in [3.05, 3.63) is 101 Å². The fraction of sp³-hybridized carbons (Fsp3) is 0.250. The van der Waals surface area contributed by atoms with Gasteiger partial charge < -0.3 is 14.6 Å². The highest BCUT2D eigenvalue weighted by Crippen LogP contribution is 2.44. The summed E-state index contributed by atoms with van der Waals surface area (Å²) >= 11 is 2.74. The summed E-state index contributed by atoms with van der Waals surface area (Å²) in [7, 11) is 0. The Morgan fingerprint density at radius 3 is 2.31 bits per heavy atom. The van der Waals surface area contributed by atoms with E-state index in [1.54, 1.807) is 48.5 Å². The first-order chi connectivity index (χ1) is 20.5. The molecule has 3 aromatic carbocycles. The second-order valence-electron chi connectivity index (χ2n) is 9.52. The van der Waals surface area contributed by atoms with Crippen LogP contribution in [-0.2, 0) is 15.3 Å². The molecule has 0 bridgehead atoms. The third kappa shape index (κ3) is 6.50. The van der Waals surface area contributed by atoms with Gasteiger partial charge in [0.1, 0.15) is 17.3 Å². The van der Waals surface area contributed by atoms with Crippen LogP contribution in [0.15, 0.2) is 88.8 Å². The number of aliphatic hydroxyl groups is 1. The molecule has 2 heterocycles. The number of Topliss-reactive ketones (excluding diaryl/α,β-unsaturated/α-hetero) is 1. The van der Waals surface area contributed by atoms with Gasteiger partial charge in [0, 0.05) is 11.3 Å². The molecule has 1 fully saturated rings. The number of carbonyl (C=O) groups is 2. The lowest BCUT2D eigenvalue weighted by Gasteiger charge is -2.22. The van der Waals surface area contributed by atoms with E-state index in [0.29, 0.717) is 45.9 Å². The molecule has 0 spiro atoms. The topological polar surface area (TPSA) is 102 Å². The van der Waals surface area contributed by atoms with Gasteiger partial charge in [0.15, 0.2) is 4.34 Å². The van der Waals surface area contributed by atoms with Crippen LogP contribution in [0, 0.1) is 0 Å². The van der Waals surface area contributed by atoms with Crippen LogP contribution in [0.25, 0.3) is 5.76 Å². The van der Waals surface area contributed by atoms with E-state index in [0.717, 1.165) is 18.4 Å². The zero-order valence-corrected chi connectivity index (χ0v) is 25.0. The van der Waals surface area contributed by atoms with Gasteiger partial charge in [0.2, 0.25) is 5.13 Å². The number of thioether (sulfide) groups is 1. The van der Waals surface area contributed by atoms with Crippen LogP contribution in [0.5, 0.6) is 11.5 Å². The number of unbranched alkanes of at least 4 members (excludes halogenated alkanes) is 1. The van der Waals surface area contributed by atoms with Crippen molar-refractivity contribution in [2.45, 2.75) is 42.8 Å². The lowest BCUT2D eigenvalue weighted by Crippen LogP contribution is -2.29. The largest absolute Gasteiger partial charge is 0.507 e. The Morgan fingerprint density at radius 1 is 0.929 bits per heavy atom. The smallest absolute Gasteiger partial charge is 0.301 e. The molecule has 42 heavy (non-hydrogen) atoms. The van der Waals surface area contributed by atoms with Gasteiger partial charge >= 0.3 is 5.91 Å². The van der Waals surface area contributed by atoms with Crippen molar-refractivity contribution in [3.63, 3.8) is 0 Å². The minimum atomic E-state index is -0.902. The molecule has 0 radical (unpaired) electrons.